The van der Waals surface area contributed by atoms with Gasteiger partial charge in [0.05, 0.1) is 12.7 Å². The van der Waals surface area contributed by atoms with Gasteiger partial charge in [-0.1, -0.05) is 17.7 Å². The van der Waals surface area contributed by atoms with Gasteiger partial charge in [0.25, 0.3) is 11.8 Å². The molecular weight excluding hydrogens is 336 g/mol. The molecule has 2 N–H and O–H groups in total. The molecule has 1 heterocycles. The highest BCUT2D eigenvalue weighted by atomic mass is 35.5. The van der Waals surface area contributed by atoms with Crippen molar-refractivity contribution in [2.45, 2.75) is 6.42 Å². The summed E-state index contributed by atoms with van der Waals surface area (Å²) in [5, 5.41) is 5.53. The molecule has 7 nitrogen and oxygen atoms in total. The predicted molar refractivity (Wildman–Crippen MR) is 86.7 cm³/mol. The summed E-state index contributed by atoms with van der Waals surface area (Å²) in [4.78, 5) is 34.7. The Morgan fingerprint density at radius 3 is 2.71 bits per heavy atom. The molecule has 24 heavy (non-hydrogen) atoms. The molecular formula is C16H15ClN2O5. The Morgan fingerprint density at radius 1 is 1.17 bits per heavy atom. The summed E-state index contributed by atoms with van der Waals surface area (Å²) < 4.78 is 9.73. The molecule has 2 rings (SSSR count). The molecule has 0 saturated heterocycles. The van der Waals surface area contributed by atoms with Crippen molar-refractivity contribution < 1.29 is 23.5 Å². The SMILES string of the molecule is O=C(COC(=O)CCNC(=O)c1ccco1)Nc1cccc(Cl)c1. The molecule has 0 aliphatic rings. The molecule has 0 atom stereocenters. The average Bonchev–Trinajstić information content (AvgIpc) is 3.07. The quantitative estimate of drug-likeness (QED) is 0.746. The molecule has 0 bridgehead atoms. The number of amides is 2. The molecule has 0 aliphatic carbocycles. The maximum absolute atomic E-state index is 11.7. The maximum Gasteiger partial charge on any atom is 0.308 e. The van der Waals surface area contributed by atoms with Crippen LogP contribution in [0, 0.1) is 0 Å². The second-order valence-electron chi connectivity index (χ2n) is 4.70. The van der Waals surface area contributed by atoms with Gasteiger partial charge in [-0.3, -0.25) is 14.4 Å². The standard InChI is InChI=1S/C16H15ClN2O5/c17-11-3-1-4-12(9-11)19-14(20)10-24-15(21)6-7-18-16(22)13-5-2-8-23-13/h1-5,8-9H,6-7,10H2,(H,18,22)(H,19,20). The molecule has 0 aliphatic heterocycles. The first-order valence-electron chi connectivity index (χ1n) is 7.07. The third-order valence-electron chi connectivity index (χ3n) is 2.83. The number of anilines is 1. The summed E-state index contributed by atoms with van der Waals surface area (Å²) in [6.45, 7) is -0.342. The van der Waals surface area contributed by atoms with Gasteiger partial charge in [0.2, 0.25) is 0 Å². The first kappa shape index (κ1) is 17.6. The zero-order valence-electron chi connectivity index (χ0n) is 12.6. The Labute approximate surface area is 142 Å². The molecule has 126 valence electrons. The van der Waals surface area contributed by atoms with Crippen LogP contribution < -0.4 is 10.6 Å². The minimum atomic E-state index is -0.601. The van der Waals surface area contributed by atoms with Gasteiger partial charge >= 0.3 is 5.97 Å². The number of halogens is 1. The number of rotatable bonds is 7. The van der Waals surface area contributed by atoms with Gasteiger partial charge in [0, 0.05) is 17.3 Å². The van der Waals surface area contributed by atoms with Gasteiger partial charge in [-0.05, 0) is 30.3 Å². The van der Waals surface area contributed by atoms with Crippen molar-refractivity contribution in [3.8, 4) is 0 Å². The molecule has 0 saturated carbocycles. The number of hydrogen-bond acceptors (Lipinski definition) is 5. The molecule has 0 radical (unpaired) electrons. The lowest BCUT2D eigenvalue weighted by atomic mass is 10.3. The Hall–Kier alpha value is -2.80. The molecule has 1 aromatic heterocycles. The van der Waals surface area contributed by atoms with E-state index in [1.165, 1.54) is 12.3 Å². The van der Waals surface area contributed by atoms with Crippen molar-refractivity contribution in [1.29, 1.82) is 0 Å². The van der Waals surface area contributed by atoms with Gasteiger partial charge in [0.15, 0.2) is 12.4 Å². The Morgan fingerprint density at radius 2 is 2.00 bits per heavy atom. The number of carbonyl (C=O) groups is 3. The Balaban J connectivity index is 1.64. The summed E-state index contributed by atoms with van der Waals surface area (Å²) in [5.74, 6) is -1.35. The highest BCUT2D eigenvalue weighted by Gasteiger charge is 2.11. The van der Waals surface area contributed by atoms with Crippen LogP contribution >= 0.6 is 11.6 Å². The molecule has 2 amide bonds. The fourth-order valence-corrected chi connectivity index (χ4v) is 1.94. The largest absolute Gasteiger partial charge is 0.459 e. The average molecular weight is 351 g/mol. The normalized spacial score (nSPS) is 10.0. The third kappa shape index (κ3) is 5.77. The number of benzene rings is 1. The lowest BCUT2D eigenvalue weighted by Crippen LogP contribution is -2.27. The van der Waals surface area contributed by atoms with Crippen molar-refractivity contribution in [2.75, 3.05) is 18.5 Å². The van der Waals surface area contributed by atoms with Crippen LogP contribution in [0.4, 0.5) is 5.69 Å². The van der Waals surface area contributed by atoms with Crippen molar-refractivity contribution in [2.24, 2.45) is 0 Å². The van der Waals surface area contributed by atoms with Crippen LogP contribution in [0.5, 0.6) is 0 Å². The molecule has 0 unspecified atom stereocenters. The second-order valence-corrected chi connectivity index (χ2v) is 5.14. The van der Waals surface area contributed by atoms with Gasteiger partial charge in [0.1, 0.15) is 0 Å². The topological polar surface area (TPSA) is 97.6 Å². The third-order valence-corrected chi connectivity index (χ3v) is 3.07. The van der Waals surface area contributed by atoms with Crippen LogP contribution in [0.1, 0.15) is 17.0 Å². The minimum absolute atomic E-state index is 0.0586. The Kier molecular flexibility index (Phi) is 6.39. The lowest BCUT2D eigenvalue weighted by molar-refractivity contribution is -0.147. The first-order valence-corrected chi connectivity index (χ1v) is 7.45. The number of esters is 1. The minimum Gasteiger partial charge on any atom is -0.459 e. The van der Waals surface area contributed by atoms with E-state index in [0.717, 1.165) is 0 Å². The second kappa shape index (κ2) is 8.73. The maximum atomic E-state index is 11.7. The van der Waals surface area contributed by atoms with E-state index in [1.54, 1.807) is 30.3 Å². The van der Waals surface area contributed by atoms with E-state index < -0.39 is 24.4 Å². The highest BCUT2D eigenvalue weighted by Crippen LogP contribution is 2.14. The fraction of sp³-hybridized carbons (Fsp3) is 0.188. The number of hydrogen-bond donors (Lipinski definition) is 2. The number of carbonyl (C=O) groups excluding carboxylic acids is 3. The van der Waals surface area contributed by atoms with Crippen molar-refractivity contribution >= 4 is 35.1 Å². The fourth-order valence-electron chi connectivity index (χ4n) is 1.75. The summed E-state index contributed by atoms with van der Waals surface area (Å²) in [5.41, 5.74) is 0.509. The summed E-state index contributed by atoms with van der Waals surface area (Å²) in [6.07, 6.45) is 1.32. The van der Waals surface area contributed by atoms with E-state index >= 15 is 0 Å². The van der Waals surface area contributed by atoms with Crippen LogP contribution in [0.2, 0.25) is 5.02 Å². The van der Waals surface area contributed by atoms with Crippen molar-refractivity contribution in [3.63, 3.8) is 0 Å². The summed E-state index contributed by atoms with van der Waals surface area (Å²) in [7, 11) is 0. The Bertz CT molecular complexity index is 715. The first-order chi connectivity index (χ1) is 11.5. The van der Waals surface area contributed by atoms with Crippen LogP contribution in [0.15, 0.2) is 47.1 Å². The molecule has 1 aromatic carbocycles. The molecule has 2 aromatic rings. The zero-order valence-corrected chi connectivity index (χ0v) is 13.3. The molecule has 8 heteroatoms. The van der Waals surface area contributed by atoms with Gasteiger partial charge in [-0.2, -0.15) is 0 Å². The van der Waals surface area contributed by atoms with E-state index in [2.05, 4.69) is 10.6 Å². The number of nitrogens with one attached hydrogen (secondary N) is 2. The van der Waals surface area contributed by atoms with Gasteiger partial charge < -0.3 is 19.8 Å². The lowest BCUT2D eigenvalue weighted by Gasteiger charge is -2.07. The van der Waals surface area contributed by atoms with Crippen molar-refractivity contribution in [3.05, 3.63) is 53.4 Å². The van der Waals surface area contributed by atoms with Crippen LogP contribution in [-0.4, -0.2) is 30.9 Å². The molecule has 0 fully saturated rings. The van der Waals surface area contributed by atoms with Crippen LogP contribution in [-0.2, 0) is 14.3 Å². The summed E-state index contributed by atoms with van der Waals surface area (Å²) in [6, 6.07) is 9.69. The van der Waals surface area contributed by atoms with Gasteiger partial charge in [-0.15, -0.1) is 0 Å². The van der Waals surface area contributed by atoms with E-state index in [0.29, 0.717) is 10.7 Å². The van der Waals surface area contributed by atoms with E-state index in [-0.39, 0.29) is 18.7 Å². The predicted octanol–water partition coefficient (Wildman–Crippen LogP) is 2.23. The number of ether oxygens (including phenoxy) is 1. The van der Waals surface area contributed by atoms with E-state index in [9.17, 15) is 14.4 Å². The van der Waals surface area contributed by atoms with Crippen molar-refractivity contribution in [1.82, 2.24) is 5.32 Å². The van der Waals surface area contributed by atoms with E-state index in [4.69, 9.17) is 20.8 Å². The van der Waals surface area contributed by atoms with Crippen LogP contribution in [0.25, 0.3) is 0 Å². The monoisotopic (exact) mass is 350 g/mol. The smallest absolute Gasteiger partial charge is 0.308 e. The van der Waals surface area contributed by atoms with E-state index in [1.807, 2.05) is 0 Å². The van der Waals surface area contributed by atoms with Gasteiger partial charge in [-0.25, -0.2) is 0 Å². The highest BCUT2D eigenvalue weighted by molar-refractivity contribution is 6.30. The summed E-state index contributed by atoms with van der Waals surface area (Å²) >= 11 is 5.80. The number of furan rings is 1. The zero-order chi connectivity index (χ0) is 17.4. The van der Waals surface area contributed by atoms with Crippen LogP contribution in [0.3, 0.4) is 0 Å². The molecule has 0 spiro atoms.